The van der Waals surface area contributed by atoms with Crippen LogP contribution in [-0.2, 0) is 21.5 Å². The Bertz CT molecular complexity index is 1320. The standard InChI is InChI=1S/C26H26N2O3S/c1-5-31-25(30)26(3,4)28-21(15-18-9-7-6-8-10-18)27-23-22(24(28)29)20(16-32-23)19-13-11-17(2)12-14-19/h6-14,16H,5,15H2,1-4H3. The summed E-state index contributed by atoms with van der Waals surface area (Å²) >= 11 is 1.45. The van der Waals surface area contributed by atoms with Crippen molar-refractivity contribution in [3.63, 3.8) is 0 Å². The van der Waals surface area contributed by atoms with E-state index in [-0.39, 0.29) is 12.2 Å². The van der Waals surface area contributed by atoms with Crippen molar-refractivity contribution >= 4 is 27.5 Å². The van der Waals surface area contributed by atoms with Crippen molar-refractivity contribution in [2.75, 3.05) is 6.61 Å². The minimum atomic E-state index is -1.20. The summed E-state index contributed by atoms with van der Waals surface area (Å²) in [6.07, 6.45) is 0.437. The Balaban J connectivity index is 1.97. The first-order chi connectivity index (χ1) is 15.3. The van der Waals surface area contributed by atoms with Crippen LogP contribution in [-0.4, -0.2) is 22.1 Å². The highest BCUT2D eigenvalue weighted by Crippen LogP contribution is 2.32. The summed E-state index contributed by atoms with van der Waals surface area (Å²) in [7, 11) is 0. The van der Waals surface area contributed by atoms with Gasteiger partial charge in [0.1, 0.15) is 16.2 Å². The average molecular weight is 447 g/mol. The van der Waals surface area contributed by atoms with E-state index >= 15 is 0 Å². The molecule has 0 fully saturated rings. The number of nitrogens with zero attached hydrogens (tertiary/aromatic N) is 2. The van der Waals surface area contributed by atoms with E-state index in [0.29, 0.717) is 22.5 Å². The Labute approximate surface area is 191 Å². The minimum Gasteiger partial charge on any atom is -0.464 e. The number of carbonyl (C=O) groups is 1. The zero-order valence-corrected chi connectivity index (χ0v) is 19.5. The quantitative estimate of drug-likeness (QED) is 0.376. The van der Waals surface area contributed by atoms with Crippen LogP contribution in [0, 0.1) is 6.92 Å². The predicted molar refractivity (Wildman–Crippen MR) is 129 cm³/mol. The molecule has 0 saturated carbocycles. The van der Waals surface area contributed by atoms with Gasteiger partial charge in [0.2, 0.25) is 0 Å². The number of benzene rings is 2. The maximum atomic E-state index is 13.9. The number of esters is 1. The van der Waals surface area contributed by atoms with E-state index in [4.69, 9.17) is 9.72 Å². The van der Waals surface area contributed by atoms with Crippen molar-refractivity contribution in [2.24, 2.45) is 0 Å². The second kappa shape index (κ2) is 8.71. The normalized spacial score (nSPS) is 11.6. The van der Waals surface area contributed by atoms with E-state index in [1.54, 1.807) is 20.8 Å². The van der Waals surface area contributed by atoms with E-state index < -0.39 is 11.5 Å². The lowest BCUT2D eigenvalue weighted by molar-refractivity contribution is -0.152. The number of aryl methyl sites for hydroxylation is 1. The van der Waals surface area contributed by atoms with Crippen LogP contribution < -0.4 is 5.56 Å². The molecule has 0 amide bonds. The molecule has 0 spiro atoms. The Morgan fingerprint density at radius 2 is 1.78 bits per heavy atom. The largest absolute Gasteiger partial charge is 0.464 e. The highest BCUT2D eigenvalue weighted by molar-refractivity contribution is 7.17. The summed E-state index contributed by atoms with van der Waals surface area (Å²) in [4.78, 5) is 32.4. The molecule has 2 aromatic carbocycles. The second-order valence-corrected chi connectivity index (χ2v) is 9.16. The van der Waals surface area contributed by atoms with Gasteiger partial charge in [-0.2, -0.15) is 0 Å². The van der Waals surface area contributed by atoms with Gasteiger partial charge in [-0.05, 0) is 38.8 Å². The molecule has 0 saturated heterocycles. The summed E-state index contributed by atoms with van der Waals surface area (Å²) in [6, 6.07) is 17.9. The number of rotatable bonds is 6. The lowest BCUT2D eigenvalue weighted by Gasteiger charge is -2.27. The summed E-state index contributed by atoms with van der Waals surface area (Å²) in [5, 5.41) is 2.51. The fourth-order valence-electron chi connectivity index (χ4n) is 3.85. The van der Waals surface area contributed by atoms with Crippen LogP contribution >= 0.6 is 11.3 Å². The van der Waals surface area contributed by atoms with Gasteiger partial charge >= 0.3 is 5.97 Å². The van der Waals surface area contributed by atoms with Gasteiger partial charge in [0.15, 0.2) is 0 Å². The molecule has 6 heteroatoms. The third kappa shape index (κ3) is 3.98. The van der Waals surface area contributed by atoms with E-state index in [2.05, 4.69) is 0 Å². The summed E-state index contributed by atoms with van der Waals surface area (Å²) < 4.78 is 6.84. The van der Waals surface area contributed by atoms with Crippen LogP contribution in [0.4, 0.5) is 0 Å². The van der Waals surface area contributed by atoms with Gasteiger partial charge in [-0.3, -0.25) is 9.36 Å². The molecule has 0 atom stereocenters. The van der Waals surface area contributed by atoms with E-state index in [9.17, 15) is 9.59 Å². The maximum Gasteiger partial charge on any atom is 0.331 e. The van der Waals surface area contributed by atoms with Gasteiger partial charge in [-0.25, -0.2) is 9.78 Å². The van der Waals surface area contributed by atoms with Gasteiger partial charge in [-0.15, -0.1) is 11.3 Å². The van der Waals surface area contributed by atoms with Gasteiger partial charge in [0.25, 0.3) is 5.56 Å². The van der Waals surface area contributed by atoms with E-state index in [1.807, 2.05) is 66.9 Å². The van der Waals surface area contributed by atoms with Crippen molar-refractivity contribution in [3.05, 3.63) is 87.3 Å². The summed E-state index contributed by atoms with van der Waals surface area (Å²) in [5.74, 6) is 0.0914. The molecule has 2 aromatic heterocycles. The second-order valence-electron chi connectivity index (χ2n) is 8.31. The van der Waals surface area contributed by atoms with Crippen LogP contribution in [0.5, 0.6) is 0 Å². The molecule has 32 heavy (non-hydrogen) atoms. The molecule has 0 N–H and O–H groups in total. The number of fused-ring (bicyclic) bond motifs is 1. The monoisotopic (exact) mass is 446 g/mol. The SMILES string of the molecule is CCOC(=O)C(C)(C)n1c(Cc2ccccc2)nc2scc(-c3ccc(C)cc3)c2c1=O. The zero-order valence-electron chi connectivity index (χ0n) is 18.7. The molecule has 0 unspecified atom stereocenters. The topological polar surface area (TPSA) is 61.2 Å². The van der Waals surface area contributed by atoms with Gasteiger partial charge in [0, 0.05) is 17.4 Å². The molecule has 0 aliphatic rings. The summed E-state index contributed by atoms with van der Waals surface area (Å²) in [5.41, 5.74) is 2.53. The van der Waals surface area contributed by atoms with Crippen LogP contribution in [0.1, 0.15) is 37.7 Å². The molecule has 4 rings (SSSR count). The third-order valence-corrected chi connectivity index (χ3v) is 6.45. The molecule has 0 bridgehead atoms. The molecule has 0 aliphatic carbocycles. The van der Waals surface area contributed by atoms with Crippen molar-refractivity contribution in [1.29, 1.82) is 0 Å². The van der Waals surface area contributed by atoms with Gasteiger partial charge in [-0.1, -0.05) is 60.2 Å². The molecule has 2 heterocycles. The van der Waals surface area contributed by atoms with Crippen molar-refractivity contribution < 1.29 is 9.53 Å². The Morgan fingerprint density at radius 3 is 2.44 bits per heavy atom. The number of thiophene rings is 1. The van der Waals surface area contributed by atoms with Gasteiger partial charge < -0.3 is 4.74 Å². The van der Waals surface area contributed by atoms with Crippen LogP contribution in [0.25, 0.3) is 21.3 Å². The first kappa shape index (κ1) is 22.0. The fourth-order valence-corrected chi connectivity index (χ4v) is 4.81. The first-order valence-corrected chi connectivity index (χ1v) is 11.5. The minimum absolute atomic E-state index is 0.226. The van der Waals surface area contributed by atoms with Crippen LogP contribution in [0.15, 0.2) is 64.8 Å². The maximum absolute atomic E-state index is 13.9. The fraction of sp³-hybridized carbons (Fsp3) is 0.269. The Morgan fingerprint density at radius 1 is 1.09 bits per heavy atom. The van der Waals surface area contributed by atoms with Crippen LogP contribution in [0.3, 0.4) is 0 Å². The number of hydrogen-bond acceptors (Lipinski definition) is 5. The highest BCUT2D eigenvalue weighted by Gasteiger charge is 2.36. The Hall–Kier alpha value is -3.25. The lowest BCUT2D eigenvalue weighted by atomic mass is 10.0. The molecule has 5 nitrogen and oxygen atoms in total. The lowest BCUT2D eigenvalue weighted by Crippen LogP contribution is -2.46. The van der Waals surface area contributed by atoms with E-state index in [1.165, 1.54) is 15.9 Å². The van der Waals surface area contributed by atoms with Gasteiger partial charge in [0.05, 0.1) is 12.0 Å². The third-order valence-electron chi connectivity index (χ3n) is 5.58. The molecule has 0 radical (unpaired) electrons. The average Bonchev–Trinajstić information content (AvgIpc) is 3.19. The van der Waals surface area contributed by atoms with Crippen LogP contribution in [0.2, 0.25) is 0 Å². The van der Waals surface area contributed by atoms with Crippen molar-refractivity contribution in [3.8, 4) is 11.1 Å². The Kier molecular flexibility index (Phi) is 5.98. The highest BCUT2D eigenvalue weighted by atomic mass is 32.1. The number of carbonyl (C=O) groups excluding carboxylic acids is 1. The number of aromatic nitrogens is 2. The van der Waals surface area contributed by atoms with Crippen molar-refractivity contribution in [1.82, 2.24) is 9.55 Å². The molecular weight excluding hydrogens is 420 g/mol. The zero-order chi connectivity index (χ0) is 22.9. The molecule has 0 aliphatic heterocycles. The molecule has 4 aromatic rings. The van der Waals surface area contributed by atoms with Crippen molar-refractivity contribution in [2.45, 2.75) is 39.7 Å². The first-order valence-electron chi connectivity index (χ1n) is 10.6. The molecular formula is C26H26N2O3S. The predicted octanol–water partition coefficient (Wildman–Crippen LogP) is 5.32. The number of ether oxygens (including phenoxy) is 1. The van der Waals surface area contributed by atoms with E-state index in [0.717, 1.165) is 22.3 Å². The molecule has 164 valence electrons. The summed E-state index contributed by atoms with van der Waals surface area (Å²) in [6.45, 7) is 7.46. The smallest absolute Gasteiger partial charge is 0.331 e. The number of hydrogen-bond donors (Lipinski definition) is 0.